The minimum absolute atomic E-state index is 0.454. The van der Waals surface area contributed by atoms with Crippen LogP contribution in [0.15, 0.2) is 12.4 Å². The summed E-state index contributed by atoms with van der Waals surface area (Å²) in [5.74, 6) is 2.83. The number of nitrogens with one attached hydrogen (secondary N) is 1. The molecule has 1 aliphatic carbocycles. The molecule has 0 aromatic carbocycles. The van der Waals surface area contributed by atoms with Crippen LogP contribution in [0.4, 0.5) is 0 Å². The van der Waals surface area contributed by atoms with Gasteiger partial charge < -0.3 is 9.88 Å². The van der Waals surface area contributed by atoms with Gasteiger partial charge in [-0.05, 0) is 24.8 Å². The van der Waals surface area contributed by atoms with Gasteiger partial charge >= 0.3 is 0 Å². The van der Waals surface area contributed by atoms with Crippen molar-refractivity contribution >= 4 is 0 Å². The first-order chi connectivity index (χ1) is 6.74. The number of rotatable bonds is 4. The lowest BCUT2D eigenvalue weighted by Crippen LogP contribution is -2.25. The molecule has 1 N–H and O–H groups in total. The van der Waals surface area contributed by atoms with Gasteiger partial charge in [-0.2, -0.15) is 0 Å². The number of hydrogen-bond acceptors (Lipinski definition) is 2. The van der Waals surface area contributed by atoms with E-state index in [4.69, 9.17) is 0 Å². The molecular weight excluding hydrogens is 174 g/mol. The van der Waals surface area contributed by atoms with Crippen molar-refractivity contribution in [1.82, 2.24) is 14.9 Å². The van der Waals surface area contributed by atoms with E-state index in [1.54, 1.807) is 0 Å². The maximum Gasteiger partial charge on any atom is 0.125 e. The van der Waals surface area contributed by atoms with E-state index in [1.165, 1.54) is 12.2 Å². The summed E-state index contributed by atoms with van der Waals surface area (Å²) in [4.78, 5) is 4.43. The highest BCUT2D eigenvalue weighted by atomic mass is 15.1. The van der Waals surface area contributed by atoms with Crippen molar-refractivity contribution < 1.29 is 0 Å². The van der Waals surface area contributed by atoms with Crippen molar-refractivity contribution in [2.45, 2.75) is 26.3 Å². The van der Waals surface area contributed by atoms with E-state index < -0.39 is 0 Å². The zero-order valence-corrected chi connectivity index (χ0v) is 9.20. The van der Waals surface area contributed by atoms with Gasteiger partial charge in [-0.25, -0.2) is 4.98 Å². The summed E-state index contributed by atoms with van der Waals surface area (Å²) in [5.41, 5.74) is 0. The van der Waals surface area contributed by atoms with Gasteiger partial charge in [0, 0.05) is 19.4 Å². The van der Waals surface area contributed by atoms with E-state index in [9.17, 15) is 0 Å². The molecule has 0 bridgehead atoms. The van der Waals surface area contributed by atoms with Gasteiger partial charge in [0.2, 0.25) is 0 Å². The molecule has 1 saturated carbocycles. The second-order valence-corrected chi connectivity index (χ2v) is 4.31. The highest BCUT2D eigenvalue weighted by Gasteiger charge is 2.41. The summed E-state index contributed by atoms with van der Waals surface area (Å²) in [6.45, 7) is 5.49. The maximum atomic E-state index is 4.43. The fourth-order valence-electron chi connectivity index (χ4n) is 2.15. The molecule has 3 unspecified atom stereocenters. The largest absolute Gasteiger partial charge is 0.337 e. The van der Waals surface area contributed by atoms with Gasteiger partial charge in [0.1, 0.15) is 5.82 Å². The number of imidazole rings is 1. The molecule has 0 aliphatic heterocycles. The molecule has 3 nitrogen and oxygen atoms in total. The van der Waals surface area contributed by atoms with Crippen LogP contribution in [0.5, 0.6) is 0 Å². The standard InChI is InChI=1S/C11H19N3/c1-4-12-10(9-7-8(9)2)11-13-5-6-14(11)3/h5-6,8-10,12H,4,7H2,1-3H3. The molecule has 14 heavy (non-hydrogen) atoms. The van der Waals surface area contributed by atoms with Crippen molar-refractivity contribution in [3.63, 3.8) is 0 Å². The van der Waals surface area contributed by atoms with Gasteiger partial charge in [-0.15, -0.1) is 0 Å². The summed E-state index contributed by atoms with van der Waals surface area (Å²) < 4.78 is 2.12. The molecule has 1 aromatic heterocycles. The lowest BCUT2D eigenvalue weighted by atomic mass is 10.1. The van der Waals surface area contributed by atoms with Gasteiger partial charge in [0.25, 0.3) is 0 Å². The lowest BCUT2D eigenvalue weighted by Gasteiger charge is -2.17. The van der Waals surface area contributed by atoms with Crippen molar-refractivity contribution in [3.8, 4) is 0 Å². The Morgan fingerprint density at radius 3 is 2.86 bits per heavy atom. The fraction of sp³-hybridized carbons (Fsp3) is 0.727. The van der Waals surface area contributed by atoms with E-state index >= 15 is 0 Å². The lowest BCUT2D eigenvalue weighted by molar-refractivity contribution is 0.442. The molecule has 2 rings (SSSR count). The Hall–Kier alpha value is -0.830. The second kappa shape index (κ2) is 3.73. The number of aryl methyl sites for hydroxylation is 1. The van der Waals surface area contributed by atoms with Crippen LogP contribution in [-0.2, 0) is 7.05 Å². The first kappa shape index (κ1) is 9.71. The molecule has 78 valence electrons. The summed E-state index contributed by atoms with van der Waals surface area (Å²) in [6.07, 6.45) is 5.24. The Morgan fingerprint density at radius 1 is 1.71 bits per heavy atom. The first-order valence-electron chi connectivity index (χ1n) is 5.44. The van der Waals surface area contributed by atoms with E-state index in [0.29, 0.717) is 6.04 Å². The fourth-order valence-corrected chi connectivity index (χ4v) is 2.15. The summed E-state index contributed by atoms with van der Waals surface area (Å²) in [5, 5.41) is 3.53. The molecule has 3 heteroatoms. The van der Waals surface area contributed by atoms with Gasteiger partial charge in [-0.3, -0.25) is 0 Å². The first-order valence-corrected chi connectivity index (χ1v) is 5.44. The molecule has 0 radical (unpaired) electrons. The average molecular weight is 193 g/mol. The van der Waals surface area contributed by atoms with Gasteiger partial charge in [0.15, 0.2) is 0 Å². The molecule has 1 fully saturated rings. The monoisotopic (exact) mass is 193 g/mol. The van der Waals surface area contributed by atoms with Crippen LogP contribution in [0.25, 0.3) is 0 Å². The Labute approximate surface area is 85.5 Å². The Balaban J connectivity index is 2.14. The van der Waals surface area contributed by atoms with Gasteiger partial charge in [-0.1, -0.05) is 13.8 Å². The Bertz CT molecular complexity index is 305. The van der Waals surface area contributed by atoms with Crippen LogP contribution >= 0.6 is 0 Å². The predicted octanol–water partition coefficient (Wildman–Crippen LogP) is 1.73. The Kier molecular flexibility index (Phi) is 2.59. The molecule has 1 aliphatic rings. The topological polar surface area (TPSA) is 29.9 Å². The predicted molar refractivity (Wildman–Crippen MR) is 56.9 cm³/mol. The summed E-state index contributed by atoms with van der Waals surface area (Å²) in [6, 6.07) is 0.454. The molecule has 0 saturated heterocycles. The minimum Gasteiger partial charge on any atom is -0.337 e. The quantitative estimate of drug-likeness (QED) is 0.789. The van der Waals surface area contributed by atoms with Crippen LogP contribution in [0.3, 0.4) is 0 Å². The third kappa shape index (κ3) is 1.69. The van der Waals surface area contributed by atoms with Crippen LogP contribution in [0, 0.1) is 11.8 Å². The zero-order valence-electron chi connectivity index (χ0n) is 9.20. The van der Waals surface area contributed by atoms with Gasteiger partial charge in [0.05, 0.1) is 6.04 Å². The SMILES string of the molecule is CCNC(c1nccn1C)C1CC1C. The smallest absolute Gasteiger partial charge is 0.125 e. The summed E-state index contributed by atoms with van der Waals surface area (Å²) in [7, 11) is 2.07. The average Bonchev–Trinajstić information content (AvgIpc) is 2.71. The van der Waals surface area contributed by atoms with Crippen molar-refractivity contribution in [1.29, 1.82) is 0 Å². The highest BCUT2D eigenvalue weighted by molar-refractivity contribution is 5.06. The molecule has 0 spiro atoms. The summed E-state index contributed by atoms with van der Waals surface area (Å²) >= 11 is 0. The Morgan fingerprint density at radius 2 is 2.43 bits per heavy atom. The molecule has 1 heterocycles. The van der Waals surface area contributed by atoms with E-state index in [2.05, 4.69) is 35.8 Å². The molecule has 3 atom stereocenters. The van der Waals surface area contributed by atoms with Crippen LogP contribution in [0.1, 0.15) is 32.1 Å². The molecule has 0 amide bonds. The molecular formula is C11H19N3. The number of aromatic nitrogens is 2. The van der Waals surface area contributed by atoms with Crippen LogP contribution < -0.4 is 5.32 Å². The highest BCUT2D eigenvalue weighted by Crippen LogP contribution is 2.46. The number of hydrogen-bond donors (Lipinski definition) is 1. The molecule has 1 aromatic rings. The van der Waals surface area contributed by atoms with Crippen molar-refractivity contribution in [2.75, 3.05) is 6.54 Å². The van der Waals surface area contributed by atoms with Crippen LogP contribution in [0.2, 0.25) is 0 Å². The third-order valence-corrected chi connectivity index (χ3v) is 3.16. The van der Waals surface area contributed by atoms with Crippen molar-refractivity contribution in [3.05, 3.63) is 18.2 Å². The third-order valence-electron chi connectivity index (χ3n) is 3.16. The van der Waals surface area contributed by atoms with E-state index in [0.717, 1.165) is 18.4 Å². The van der Waals surface area contributed by atoms with E-state index in [1.807, 2.05) is 12.4 Å². The van der Waals surface area contributed by atoms with Crippen molar-refractivity contribution in [2.24, 2.45) is 18.9 Å². The van der Waals surface area contributed by atoms with E-state index in [-0.39, 0.29) is 0 Å². The van der Waals surface area contributed by atoms with Crippen LogP contribution in [-0.4, -0.2) is 16.1 Å². The minimum atomic E-state index is 0.454. The number of nitrogens with zero attached hydrogens (tertiary/aromatic N) is 2. The maximum absolute atomic E-state index is 4.43. The second-order valence-electron chi connectivity index (χ2n) is 4.31. The normalized spacial score (nSPS) is 27.6. The zero-order chi connectivity index (χ0) is 10.1.